The zero-order chi connectivity index (χ0) is 15.2. The number of aryl methyl sites for hydroxylation is 1. The van der Waals surface area contributed by atoms with Gasteiger partial charge < -0.3 is 10.2 Å². The molecular weight excluding hydrogens is 256 g/mol. The first kappa shape index (κ1) is 16.4. The van der Waals surface area contributed by atoms with E-state index in [2.05, 4.69) is 56.1 Å². The van der Waals surface area contributed by atoms with Crippen LogP contribution >= 0.6 is 0 Å². The van der Waals surface area contributed by atoms with E-state index in [-0.39, 0.29) is 0 Å². The normalized spacial score (nSPS) is 15.9. The average molecular weight is 288 g/mol. The first-order valence-corrected chi connectivity index (χ1v) is 8.68. The molecule has 0 bridgehead atoms. The summed E-state index contributed by atoms with van der Waals surface area (Å²) in [6.45, 7) is 12.2. The van der Waals surface area contributed by atoms with E-state index in [1.54, 1.807) is 0 Å². The van der Waals surface area contributed by atoms with Crippen molar-refractivity contribution in [3.05, 3.63) is 29.3 Å². The molecule has 0 amide bonds. The molecule has 1 saturated carbocycles. The highest BCUT2D eigenvalue weighted by Gasteiger charge is 2.21. The summed E-state index contributed by atoms with van der Waals surface area (Å²) in [5.41, 5.74) is 4.26. The van der Waals surface area contributed by atoms with Crippen molar-refractivity contribution >= 4 is 5.69 Å². The molecule has 0 spiro atoms. The zero-order valence-corrected chi connectivity index (χ0v) is 14.3. The van der Waals surface area contributed by atoms with Crippen molar-refractivity contribution in [3.63, 3.8) is 0 Å². The van der Waals surface area contributed by atoms with Gasteiger partial charge in [-0.05, 0) is 62.4 Å². The molecule has 1 N–H and O–H groups in total. The molecule has 1 fully saturated rings. The lowest BCUT2D eigenvalue weighted by atomic mass is 10.1. The molecular formula is C19H32N2. The van der Waals surface area contributed by atoms with Gasteiger partial charge in [-0.1, -0.05) is 32.8 Å². The Morgan fingerprint density at radius 2 is 1.95 bits per heavy atom. The molecule has 0 aliphatic heterocycles. The first-order valence-electron chi connectivity index (χ1n) is 8.68. The summed E-state index contributed by atoms with van der Waals surface area (Å²) in [5.74, 6) is 0.711. The Hall–Kier alpha value is -1.02. The van der Waals surface area contributed by atoms with E-state index in [1.807, 2.05) is 0 Å². The van der Waals surface area contributed by atoms with Crippen molar-refractivity contribution in [1.82, 2.24) is 5.32 Å². The lowest BCUT2D eigenvalue weighted by Gasteiger charge is -2.30. The van der Waals surface area contributed by atoms with Crippen molar-refractivity contribution in [1.29, 1.82) is 0 Å². The Labute approximate surface area is 130 Å². The summed E-state index contributed by atoms with van der Waals surface area (Å²) in [4.78, 5) is 2.60. The second kappa shape index (κ2) is 7.84. The van der Waals surface area contributed by atoms with Crippen LogP contribution in [0.25, 0.3) is 0 Å². The van der Waals surface area contributed by atoms with Crippen molar-refractivity contribution in [2.45, 2.75) is 66.0 Å². The van der Waals surface area contributed by atoms with Crippen LogP contribution in [0.3, 0.4) is 0 Å². The molecule has 2 nitrogen and oxygen atoms in total. The number of anilines is 1. The third-order valence-corrected chi connectivity index (χ3v) is 4.63. The Balaban J connectivity index is 2.02. The summed E-state index contributed by atoms with van der Waals surface area (Å²) in [7, 11) is 0. The van der Waals surface area contributed by atoms with Crippen molar-refractivity contribution < 1.29 is 0 Å². The molecule has 0 unspecified atom stereocenters. The Kier molecular flexibility index (Phi) is 6.10. The van der Waals surface area contributed by atoms with Crippen molar-refractivity contribution in [2.24, 2.45) is 5.92 Å². The predicted molar refractivity (Wildman–Crippen MR) is 93.0 cm³/mol. The number of nitrogens with one attached hydrogen (secondary N) is 1. The minimum Gasteiger partial charge on any atom is -0.369 e. The van der Waals surface area contributed by atoms with E-state index in [0.717, 1.165) is 25.7 Å². The van der Waals surface area contributed by atoms with Gasteiger partial charge in [-0.2, -0.15) is 0 Å². The molecule has 0 atom stereocenters. The SMILES string of the molecule is CCN(c1ccc(CNCC(C)C)c(C)c1)C1CCCC1. The van der Waals surface area contributed by atoms with Gasteiger partial charge >= 0.3 is 0 Å². The highest BCUT2D eigenvalue weighted by Crippen LogP contribution is 2.29. The van der Waals surface area contributed by atoms with Crippen LogP contribution in [0.1, 0.15) is 57.6 Å². The topological polar surface area (TPSA) is 15.3 Å². The lowest BCUT2D eigenvalue weighted by Crippen LogP contribution is -2.33. The fourth-order valence-corrected chi connectivity index (χ4v) is 3.42. The van der Waals surface area contributed by atoms with E-state index >= 15 is 0 Å². The summed E-state index contributed by atoms with van der Waals surface area (Å²) >= 11 is 0. The molecule has 0 saturated heterocycles. The molecule has 118 valence electrons. The standard InChI is InChI=1S/C19H32N2/c1-5-21(18-8-6-7-9-18)19-11-10-17(16(4)12-19)14-20-13-15(2)3/h10-12,15,18,20H,5-9,13-14H2,1-4H3. The maximum absolute atomic E-state index is 3.55. The number of benzene rings is 1. The van der Waals surface area contributed by atoms with Gasteiger partial charge in [0, 0.05) is 24.8 Å². The fraction of sp³-hybridized carbons (Fsp3) is 0.684. The van der Waals surface area contributed by atoms with E-state index in [4.69, 9.17) is 0 Å². The number of hydrogen-bond acceptors (Lipinski definition) is 2. The molecule has 0 aromatic heterocycles. The molecule has 1 aliphatic rings. The quantitative estimate of drug-likeness (QED) is 0.794. The van der Waals surface area contributed by atoms with Gasteiger partial charge in [-0.25, -0.2) is 0 Å². The van der Waals surface area contributed by atoms with Crippen LogP contribution in [0.4, 0.5) is 5.69 Å². The molecule has 2 rings (SSSR count). The van der Waals surface area contributed by atoms with Gasteiger partial charge in [-0.3, -0.25) is 0 Å². The van der Waals surface area contributed by atoms with E-state index in [1.165, 1.54) is 42.5 Å². The first-order chi connectivity index (χ1) is 10.1. The minimum absolute atomic E-state index is 0.711. The van der Waals surface area contributed by atoms with Crippen LogP contribution in [0.2, 0.25) is 0 Å². The summed E-state index contributed by atoms with van der Waals surface area (Å²) in [6.07, 6.45) is 5.53. The monoisotopic (exact) mass is 288 g/mol. The third kappa shape index (κ3) is 4.47. The second-order valence-electron chi connectivity index (χ2n) is 6.86. The molecule has 0 heterocycles. The van der Waals surface area contributed by atoms with Gasteiger partial charge in [0.2, 0.25) is 0 Å². The Morgan fingerprint density at radius 3 is 2.52 bits per heavy atom. The molecule has 0 radical (unpaired) electrons. The predicted octanol–water partition coefficient (Wildman–Crippen LogP) is 4.51. The highest BCUT2D eigenvalue weighted by atomic mass is 15.2. The molecule has 1 aliphatic carbocycles. The lowest BCUT2D eigenvalue weighted by molar-refractivity contribution is 0.551. The molecule has 1 aromatic carbocycles. The van der Waals surface area contributed by atoms with E-state index < -0.39 is 0 Å². The number of rotatable bonds is 7. The van der Waals surface area contributed by atoms with Gasteiger partial charge in [0.15, 0.2) is 0 Å². The van der Waals surface area contributed by atoms with E-state index in [9.17, 15) is 0 Å². The van der Waals surface area contributed by atoms with Crippen LogP contribution in [-0.2, 0) is 6.54 Å². The number of nitrogens with zero attached hydrogens (tertiary/aromatic N) is 1. The Bertz CT molecular complexity index is 433. The van der Waals surface area contributed by atoms with Crippen LogP contribution in [-0.4, -0.2) is 19.1 Å². The summed E-state index contributed by atoms with van der Waals surface area (Å²) in [6, 6.07) is 7.78. The summed E-state index contributed by atoms with van der Waals surface area (Å²) < 4.78 is 0. The van der Waals surface area contributed by atoms with Crippen LogP contribution < -0.4 is 10.2 Å². The van der Waals surface area contributed by atoms with Gasteiger partial charge in [0.05, 0.1) is 0 Å². The Morgan fingerprint density at radius 1 is 1.24 bits per heavy atom. The molecule has 21 heavy (non-hydrogen) atoms. The third-order valence-electron chi connectivity index (χ3n) is 4.63. The van der Waals surface area contributed by atoms with Gasteiger partial charge in [0.25, 0.3) is 0 Å². The maximum atomic E-state index is 3.55. The zero-order valence-electron chi connectivity index (χ0n) is 14.3. The molecule has 1 aromatic rings. The highest BCUT2D eigenvalue weighted by molar-refractivity contribution is 5.51. The van der Waals surface area contributed by atoms with Crippen LogP contribution in [0.15, 0.2) is 18.2 Å². The average Bonchev–Trinajstić information content (AvgIpc) is 2.95. The molecule has 2 heteroatoms. The fourth-order valence-electron chi connectivity index (χ4n) is 3.42. The summed E-state index contributed by atoms with van der Waals surface area (Å²) in [5, 5.41) is 3.55. The van der Waals surface area contributed by atoms with Crippen molar-refractivity contribution in [2.75, 3.05) is 18.0 Å². The van der Waals surface area contributed by atoms with Crippen LogP contribution in [0, 0.1) is 12.8 Å². The maximum Gasteiger partial charge on any atom is 0.0371 e. The smallest absolute Gasteiger partial charge is 0.0371 e. The largest absolute Gasteiger partial charge is 0.369 e. The second-order valence-corrected chi connectivity index (χ2v) is 6.86. The van der Waals surface area contributed by atoms with Gasteiger partial charge in [0.1, 0.15) is 0 Å². The minimum atomic E-state index is 0.711. The van der Waals surface area contributed by atoms with Crippen molar-refractivity contribution in [3.8, 4) is 0 Å². The van der Waals surface area contributed by atoms with Gasteiger partial charge in [-0.15, -0.1) is 0 Å². The van der Waals surface area contributed by atoms with Crippen LogP contribution in [0.5, 0.6) is 0 Å². The van der Waals surface area contributed by atoms with E-state index in [0.29, 0.717) is 5.92 Å². The number of hydrogen-bond donors (Lipinski definition) is 1.